The van der Waals surface area contributed by atoms with Gasteiger partial charge < -0.3 is 15.4 Å². The number of rotatable bonds is 6. The number of benzene rings is 2. The molecule has 3 aromatic rings. The normalized spacial score (nSPS) is 10.2. The van der Waals surface area contributed by atoms with E-state index in [1.54, 1.807) is 12.3 Å². The summed E-state index contributed by atoms with van der Waals surface area (Å²) < 4.78 is 5.43. The van der Waals surface area contributed by atoms with Gasteiger partial charge in [-0.1, -0.05) is 23.7 Å². The first-order valence-corrected chi connectivity index (χ1v) is 7.97. The first kappa shape index (κ1) is 16.1. The monoisotopic (exact) mass is 340 g/mol. The molecule has 0 fully saturated rings. The van der Waals surface area contributed by atoms with Crippen molar-refractivity contribution >= 4 is 34.7 Å². The highest BCUT2D eigenvalue weighted by Gasteiger charge is 2.04. The van der Waals surface area contributed by atoms with Crippen molar-refractivity contribution in [2.24, 2.45) is 0 Å². The maximum absolute atomic E-state index is 6.14. The van der Waals surface area contributed by atoms with Gasteiger partial charge in [0.1, 0.15) is 11.6 Å². The van der Waals surface area contributed by atoms with E-state index in [1.807, 2.05) is 55.5 Å². The first-order valence-electron chi connectivity index (χ1n) is 7.59. The van der Waals surface area contributed by atoms with E-state index in [0.29, 0.717) is 23.4 Å². The van der Waals surface area contributed by atoms with Gasteiger partial charge in [0.05, 0.1) is 17.3 Å². The van der Waals surface area contributed by atoms with Crippen LogP contribution in [-0.4, -0.2) is 16.6 Å². The van der Waals surface area contributed by atoms with Crippen molar-refractivity contribution in [3.63, 3.8) is 0 Å². The Morgan fingerprint density at radius 2 is 1.79 bits per heavy atom. The number of nitrogens with one attached hydrogen (secondary N) is 2. The molecule has 0 aliphatic rings. The minimum absolute atomic E-state index is 0.471. The van der Waals surface area contributed by atoms with Crippen molar-refractivity contribution in [3.05, 3.63) is 65.8 Å². The molecule has 2 aromatic carbocycles. The number of anilines is 4. The summed E-state index contributed by atoms with van der Waals surface area (Å²) in [6, 6.07) is 17.0. The zero-order valence-electron chi connectivity index (χ0n) is 13.2. The lowest BCUT2D eigenvalue weighted by molar-refractivity contribution is 0.340. The van der Waals surface area contributed by atoms with Crippen LogP contribution in [0.25, 0.3) is 0 Å². The minimum atomic E-state index is 0.471. The molecule has 1 heterocycles. The molecule has 122 valence electrons. The van der Waals surface area contributed by atoms with Gasteiger partial charge in [0.15, 0.2) is 0 Å². The van der Waals surface area contributed by atoms with E-state index in [2.05, 4.69) is 20.6 Å². The third kappa shape index (κ3) is 4.14. The molecular weight excluding hydrogens is 324 g/mol. The molecule has 0 radical (unpaired) electrons. The van der Waals surface area contributed by atoms with Gasteiger partial charge >= 0.3 is 0 Å². The quantitative estimate of drug-likeness (QED) is 0.660. The molecule has 0 saturated heterocycles. The number of hydrogen-bond donors (Lipinski definition) is 2. The van der Waals surface area contributed by atoms with Crippen molar-refractivity contribution in [1.82, 2.24) is 9.97 Å². The van der Waals surface area contributed by atoms with Gasteiger partial charge in [0, 0.05) is 11.9 Å². The summed E-state index contributed by atoms with van der Waals surface area (Å²) in [6.07, 6.45) is 1.68. The van der Waals surface area contributed by atoms with Crippen molar-refractivity contribution in [3.8, 4) is 5.75 Å². The maximum atomic E-state index is 6.14. The molecule has 0 saturated carbocycles. The number of para-hydroxylation sites is 1. The second-order valence-corrected chi connectivity index (χ2v) is 5.36. The maximum Gasteiger partial charge on any atom is 0.229 e. The van der Waals surface area contributed by atoms with Crippen LogP contribution >= 0.6 is 11.6 Å². The highest BCUT2D eigenvalue weighted by Crippen LogP contribution is 2.24. The van der Waals surface area contributed by atoms with Crippen molar-refractivity contribution in [2.75, 3.05) is 17.2 Å². The molecule has 6 heteroatoms. The fourth-order valence-electron chi connectivity index (χ4n) is 2.12. The van der Waals surface area contributed by atoms with E-state index in [4.69, 9.17) is 16.3 Å². The van der Waals surface area contributed by atoms with Crippen LogP contribution in [0.1, 0.15) is 6.92 Å². The lowest BCUT2D eigenvalue weighted by Crippen LogP contribution is -2.00. The third-order valence-corrected chi connectivity index (χ3v) is 3.54. The smallest absolute Gasteiger partial charge is 0.229 e. The molecule has 0 unspecified atom stereocenters. The average molecular weight is 341 g/mol. The van der Waals surface area contributed by atoms with Crippen LogP contribution < -0.4 is 15.4 Å². The molecular formula is C18H17ClN4O. The number of ether oxygens (including phenoxy) is 1. The third-order valence-electron chi connectivity index (χ3n) is 3.21. The van der Waals surface area contributed by atoms with Gasteiger partial charge in [0.2, 0.25) is 5.95 Å². The van der Waals surface area contributed by atoms with Gasteiger partial charge in [-0.25, -0.2) is 4.98 Å². The van der Waals surface area contributed by atoms with Crippen LogP contribution in [0, 0.1) is 0 Å². The minimum Gasteiger partial charge on any atom is -0.494 e. The number of hydrogen-bond acceptors (Lipinski definition) is 5. The second kappa shape index (κ2) is 7.66. The van der Waals surface area contributed by atoms with Gasteiger partial charge in [0.25, 0.3) is 0 Å². The molecule has 0 bridgehead atoms. The summed E-state index contributed by atoms with van der Waals surface area (Å²) in [6.45, 7) is 2.61. The van der Waals surface area contributed by atoms with Crippen LogP contribution in [0.3, 0.4) is 0 Å². The van der Waals surface area contributed by atoms with Crippen LogP contribution in [0.4, 0.5) is 23.1 Å². The van der Waals surface area contributed by atoms with E-state index < -0.39 is 0 Å². The molecule has 0 spiro atoms. The van der Waals surface area contributed by atoms with E-state index in [-0.39, 0.29) is 0 Å². The molecule has 5 nitrogen and oxygen atoms in total. The van der Waals surface area contributed by atoms with Gasteiger partial charge in [-0.3, -0.25) is 0 Å². The Bertz CT molecular complexity index is 808. The van der Waals surface area contributed by atoms with Crippen LogP contribution in [0.15, 0.2) is 60.8 Å². The number of aromatic nitrogens is 2. The zero-order valence-corrected chi connectivity index (χ0v) is 13.9. The molecule has 0 aliphatic heterocycles. The Hall–Kier alpha value is -2.79. The molecule has 0 amide bonds. The average Bonchev–Trinajstić information content (AvgIpc) is 2.59. The summed E-state index contributed by atoms with van der Waals surface area (Å²) in [5, 5.41) is 6.96. The topological polar surface area (TPSA) is 59.1 Å². The predicted molar refractivity (Wildman–Crippen MR) is 97.7 cm³/mol. The lowest BCUT2D eigenvalue weighted by atomic mass is 10.3. The van der Waals surface area contributed by atoms with Gasteiger partial charge in [-0.05, 0) is 49.4 Å². The SMILES string of the molecule is CCOc1ccc(Nc2ccnc(Nc3ccccc3Cl)n2)cc1. The largest absolute Gasteiger partial charge is 0.494 e. The van der Waals surface area contributed by atoms with E-state index in [1.165, 1.54) is 0 Å². The van der Waals surface area contributed by atoms with Gasteiger partial charge in [-0.2, -0.15) is 4.98 Å². The highest BCUT2D eigenvalue weighted by molar-refractivity contribution is 6.33. The highest BCUT2D eigenvalue weighted by atomic mass is 35.5. The summed E-state index contributed by atoms with van der Waals surface area (Å²) >= 11 is 6.14. The zero-order chi connectivity index (χ0) is 16.8. The van der Waals surface area contributed by atoms with Crippen molar-refractivity contribution in [1.29, 1.82) is 0 Å². The fourth-order valence-corrected chi connectivity index (χ4v) is 2.30. The van der Waals surface area contributed by atoms with Crippen molar-refractivity contribution in [2.45, 2.75) is 6.92 Å². The number of nitrogens with zero attached hydrogens (tertiary/aromatic N) is 2. The predicted octanol–water partition coefficient (Wildman–Crippen LogP) is 5.02. The Morgan fingerprint density at radius 1 is 1.00 bits per heavy atom. The Balaban J connectivity index is 1.72. The van der Waals surface area contributed by atoms with E-state index >= 15 is 0 Å². The Morgan fingerprint density at radius 3 is 2.54 bits per heavy atom. The van der Waals surface area contributed by atoms with Crippen LogP contribution in [0.2, 0.25) is 5.02 Å². The summed E-state index contributed by atoms with van der Waals surface area (Å²) in [4.78, 5) is 8.65. The molecule has 3 rings (SSSR count). The summed E-state index contributed by atoms with van der Waals surface area (Å²) in [7, 11) is 0. The Kier molecular flexibility index (Phi) is 5.13. The van der Waals surface area contributed by atoms with E-state index in [9.17, 15) is 0 Å². The first-order chi connectivity index (χ1) is 11.7. The molecule has 2 N–H and O–H groups in total. The van der Waals surface area contributed by atoms with Crippen LogP contribution in [0.5, 0.6) is 5.75 Å². The van der Waals surface area contributed by atoms with Crippen LogP contribution in [-0.2, 0) is 0 Å². The number of halogens is 1. The van der Waals surface area contributed by atoms with Gasteiger partial charge in [-0.15, -0.1) is 0 Å². The Labute approximate surface area is 145 Å². The molecule has 24 heavy (non-hydrogen) atoms. The molecule has 0 aliphatic carbocycles. The summed E-state index contributed by atoms with van der Waals surface area (Å²) in [5.74, 6) is 1.99. The van der Waals surface area contributed by atoms with Crippen molar-refractivity contribution < 1.29 is 4.74 Å². The molecule has 1 aromatic heterocycles. The van der Waals surface area contributed by atoms with E-state index in [0.717, 1.165) is 17.1 Å². The fraction of sp³-hybridized carbons (Fsp3) is 0.111. The lowest BCUT2D eigenvalue weighted by Gasteiger charge is -2.10. The molecule has 0 atom stereocenters. The standard InChI is InChI=1S/C18H17ClN4O/c1-2-24-14-9-7-13(8-10-14)21-17-11-12-20-18(23-17)22-16-6-4-3-5-15(16)19/h3-12H,2H2,1H3,(H2,20,21,22,23). The second-order valence-electron chi connectivity index (χ2n) is 4.95. The summed E-state index contributed by atoms with van der Waals surface area (Å²) in [5.41, 5.74) is 1.68.